The van der Waals surface area contributed by atoms with Crippen LogP contribution in [0.3, 0.4) is 0 Å². The number of hydrogen-bond donors (Lipinski definition) is 0. The standard InChI is InChI=1S/C11H25NSi/c1-10(2)8-12(9-11(3)4)13(5,6)7/h8,11H,9H2,1-7H3. The Morgan fingerprint density at radius 1 is 1.23 bits per heavy atom. The summed E-state index contributed by atoms with van der Waals surface area (Å²) in [5.74, 6) is 0.752. The van der Waals surface area contributed by atoms with Gasteiger partial charge < -0.3 is 4.57 Å². The number of hydrogen-bond acceptors (Lipinski definition) is 1. The van der Waals surface area contributed by atoms with Crippen LogP contribution in [0.4, 0.5) is 0 Å². The molecule has 0 bridgehead atoms. The van der Waals surface area contributed by atoms with Crippen molar-refractivity contribution >= 4 is 8.24 Å². The summed E-state index contributed by atoms with van der Waals surface area (Å²) < 4.78 is 2.56. The molecule has 0 unspecified atom stereocenters. The molecule has 78 valence electrons. The van der Waals surface area contributed by atoms with Crippen molar-refractivity contribution in [3.8, 4) is 0 Å². The summed E-state index contributed by atoms with van der Waals surface area (Å²) in [4.78, 5) is 0. The lowest BCUT2D eigenvalue weighted by Crippen LogP contribution is -2.44. The highest BCUT2D eigenvalue weighted by Crippen LogP contribution is 2.14. The van der Waals surface area contributed by atoms with Crippen LogP contribution in [-0.4, -0.2) is 19.3 Å². The highest BCUT2D eigenvalue weighted by molar-refractivity contribution is 6.73. The first-order valence-corrected chi connectivity index (χ1v) is 8.60. The van der Waals surface area contributed by atoms with E-state index >= 15 is 0 Å². The van der Waals surface area contributed by atoms with Crippen molar-refractivity contribution in [1.29, 1.82) is 0 Å². The fourth-order valence-electron chi connectivity index (χ4n) is 1.23. The third kappa shape index (κ3) is 5.91. The van der Waals surface area contributed by atoms with E-state index in [9.17, 15) is 0 Å². The first-order chi connectivity index (χ1) is 5.73. The molecule has 2 heteroatoms. The van der Waals surface area contributed by atoms with Crippen molar-refractivity contribution in [3.63, 3.8) is 0 Å². The Labute approximate surface area is 84.9 Å². The van der Waals surface area contributed by atoms with Gasteiger partial charge in [0.05, 0.1) is 0 Å². The Balaban J connectivity index is 4.48. The molecule has 0 N–H and O–H groups in total. The van der Waals surface area contributed by atoms with Gasteiger partial charge in [0, 0.05) is 6.54 Å². The lowest BCUT2D eigenvalue weighted by Gasteiger charge is -2.35. The zero-order valence-corrected chi connectivity index (χ0v) is 11.3. The van der Waals surface area contributed by atoms with Gasteiger partial charge in [-0.3, -0.25) is 0 Å². The molecule has 0 saturated carbocycles. The van der Waals surface area contributed by atoms with Crippen molar-refractivity contribution in [2.24, 2.45) is 5.92 Å². The fraction of sp³-hybridized carbons (Fsp3) is 0.818. The van der Waals surface area contributed by atoms with Crippen LogP contribution < -0.4 is 0 Å². The quantitative estimate of drug-likeness (QED) is 0.624. The average Bonchev–Trinajstić information content (AvgIpc) is 1.81. The van der Waals surface area contributed by atoms with Crippen LogP contribution in [0.15, 0.2) is 11.8 Å². The minimum Gasteiger partial charge on any atom is -0.403 e. The summed E-state index contributed by atoms with van der Waals surface area (Å²) in [5, 5.41) is 0. The molecular formula is C11H25NSi. The zero-order valence-electron chi connectivity index (χ0n) is 10.3. The molecule has 0 saturated heterocycles. The summed E-state index contributed by atoms with van der Waals surface area (Å²) in [6.07, 6.45) is 2.33. The minimum atomic E-state index is -1.16. The van der Waals surface area contributed by atoms with Gasteiger partial charge in [0.15, 0.2) is 0 Å². The monoisotopic (exact) mass is 199 g/mol. The highest BCUT2D eigenvalue weighted by atomic mass is 28.3. The molecule has 1 nitrogen and oxygen atoms in total. The summed E-state index contributed by atoms with van der Waals surface area (Å²) >= 11 is 0. The van der Waals surface area contributed by atoms with E-state index < -0.39 is 8.24 Å². The molecule has 0 fully saturated rings. The predicted octanol–water partition coefficient (Wildman–Crippen LogP) is 3.70. The van der Waals surface area contributed by atoms with Crippen LogP contribution in [0.2, 0.25) is 19.6 Å². The number of rotatable bonds is 4. The molecule has 0 aliphatic carbocycles. The van der Waals surface area contributed by atoms with Gasteiger partial charge in [0.2, 0.25) is 0 Å². The number of nitrogens with zero attached hydrogens (tertiary/aromatic N) is 1. The maximum Gasteiger partial charge on any atom is 0.146 e. The normalized spacial score (nSPS) is 11.7. The van der Waals surface area contributed by atoms with Crippen LogP contribution in [0.1, 0.15) is 27.7 Å². The molecule has 0 spiro atoms. The summed E-state index contributed by atoms with van der Waals surface area (Å²) in [5.41, 5.74) is 1.41. The van der Waals surface area contributed by atoms with Gasteiger partial charge in [-0.05, 0) is 26.0 Å². The predicted molar refractivity (Wildman–Crippen MR) is 64.3 cm³/mol. The molecule has 0 aliphatic heterocycles. The maximum absolute atomic E-state index is 2.56. The second-order valence-corrected chi connectivity index (χ2v) is 10.3. The third-order valence-corrected chi connectivity index (χ3v) is 3.87. The smallest absolute Gasteiger partial charge is 0.146 e. The molecule has 0 amide bonds. The Hall–Kier alpha value is -0.243. The molecule has 0 aromatic carbocycles. The van der Waals surface area contributed by atoms with Crippen LogP contribution >= 0.6 is 0 Å². The van der Waals surface area contributed by atoms with E-state index in [0.717, 1.165) is 5.92 Å². The topological polar surface area (TPSA) is 3.24 Å². The molecule has 0 rings (SSSR count). The SMILES string of the molecule is CC(C)=CN(CC(C)C)[Si](C)(C)C. The second kappa shape index (κ2) is 4.84. The van der Waals surface area contributed by atoms with Gasteiger partial charge in [0.1, 0.15) is 8.24 Å². The first-order valence-electron chi connectivity index (χ1n) is 5.15. The molecule has 0 aromatic rings. The minimum absolute atomic E-state index is 0.752. The Morgan fingerprint density at radius 3 is 1.92 bits per heavy atom. The van der Waals surface area contributed by atoms with Gasteiger partial charge in [-0.1, -0.05) is 39.1 Å². The molecule has 0 heterocycles. The summed E-state index contributed by atoms with van der Waals surface area (Å²) in [6.45, 7) is 17.3. The summed E-state index contributed by atoms with van der Waals surface area (Å²) in [7, 11) is -1.16. The second-order valence-electron chi connectivity index (χ2n) is 5.42. The van der Waals surface area contributed by atoms with E-state index in [1.165, 1.54) is 12.1 Å². The van der Waals surface area contributed by atoms with Crippen molar-refractivity contribution in [2.75, 3.05) is 6.54 Å². The van der Waals surface area contributed by atoms with E-state index in [4.69, 9.17) is 0 Å². The lowest BCUT2D eigenvalue weighted by atomic mass is 10.2. The Morgan fingerprint density at radius 2 is 1.69 bits per heavy atom. The zero-order chi connectivity index (χ0) is 10.6. The van der Waals surface area contributed by atoms with Crippen LogP contribution in [-0.2, 0) is 0 Å². The molecular weight excluding hydrogens is 174 g/mol. The van der Waals surface area contributed by atoms with Gasteiger partial charge in [-0.25, -0.2) is 0 Å². The van der Waals surface area contributed by atoms with Gasteiger partial charge in [0.25, 0.3) is 0 Å². The van der Waals surface area contributed by atoms with Crippen molar-refractivity contribution in [2.45, 2.75) is 47.3 Å². The average molecular weight is 199 g/mol. The van der Waals surface area contributed by atoms with Gasteiger partial charge in [-0.15, -0.1) is 0 Å². The van der Waals surface area contributed by atoms with E-state index in [0.29, 0.717) is 0 Å². The van der Waals surface area contributed by atoms with Crippen molar-refractivity contribution < 1.29 is 0 Å². The molecule has 0 radical (unpaired) electrons. The van der Waals surface area contributed by atoms with Gasteiger partial charge >= 0.3 is 0 Å². The van der Waals surface area contributed by atoms with Gasteiger partial charge in [-0.2, -0.15) is 0 Å². The molecule has 0 aliphatic rings. The van der Waals surface area contributed by atoms with Crippen LogP contribution in [0, 0.1) is 5.92 Å². The number of allylic oxidation sites excluding steroid dienone is 1. The van der Waals surface area contributed by atoms with E-state index in [1.807, 2.05) is 0 Å². The van der Waals surface area contributed by atoms with E-state index in [-0.39, 0.29) is 0 Å². The van der Waals surface area contributed by atoms with Crippen molar-refractivity contribution in [3.05, 3.63) is 11.8 Å². The van der Waals surface area contributed by atoms with Crippen molar-refractivity contribution in [1.82, 2.24) is 4.57 Å². The third-order valence-electron chi connectivity index (χ3n) is 1.84. The Bertz CT molecular complexity index is 173. The summed E-state index contributed by atoms with van der Waals surface area (Å²) in [6, 6.07) is 0. The van der Waals surface area contributed by atoms with E-state index in [2.05, 4.69) is 58.1 Å². The maximum atomic E-state index is 2.56. The first kappa shape index (κ1) is 12.8. The van der Waals surface area contributed by atoms with Crippen LogP contribution in [0.5, 0.6) is 0 Å². The Kier molecular flexibility index (Phi) is 4.75. The molecule has 0 aromatic heterocycles. The van der Waals surface area contributed by atoms with E-state index in [1.54, 1.807) is 0 Å². The fourth-order valence-corrected chi connectivity index (χ4v) is 2.78. The molecule has 0 atom stereocenters. The largest absolute Gasteiger partial charge is 0.403 e. The molecule has 13 heavy (non-hydrogen) atoms. The lowest BCUT2D eigenvalue weighted by molar-refractivity contribution is 0.459. The highest BCUT2D eigenvalue weighted by Gasteiger charge is 2.21. The van der Waals surface area contributed by atoms with Crippen LogP contribution in [0.25, 0.3) is 0 Å².